The summed E-state index contributed by atoms with van der Waals surface area (Å²) in [5, 5.41) is 36.6. The molecule has 404 valence electrons. The van der Waals surface area contributed by atoms with E-state index in [0.717, 1.165) is 108 Å². The maximum Gasteiger partial charge on any atom is 0.169 e. The van der Waals surface area contributed by atoms with Crippen molar-refractivity contribution < 1.29 is 8.83 Å². The first-order valence-corrected chi connectivity index (χ1v) is 31.3. The van der Waals surface area contributed by atoms with Crippen LogP contribution >= 0.6 is 75.1 Å². The van der Waals surface area contributed by atoms with Crippen LogP contribution in [0, 0.1) is 23.7 Å². The van der Waals surface area contributed by atoms with Gasteiger partial charge in [-0.05, 0) is 206 Å². The van der Waals surface area contributed by atoms with E-state index in [4.69, 9.17) is 8.83 Å². The molecule has 12 aliphatic rings. The first-order valence-electron chi connectivity index (χ1n) is 27.2. The van der Waals surface area contributed by atoms with Crippen LogP contribution in [0.3, 0.4) is 0 Å². The quantitative estimate of drug-likeness (QED) is 0.141. The van der Waals surface area contributed by atoms with Crippen molar-refractivity contribution in [2.24, 2.45) is 23.7 Å². The number of hydrogen-bond acceptors (Lipinski definition) is 15. The smallest absolute Gasteiger partial charge is 0.169 e. The maximum atomic E-state index is 5.52. The molecular weight excluding hydrogens is 1260 g/mol. The highest BCUT2D eigenvalue weighted by molar-refractivity contribution is 9.11. The first-order chi connectivity index (χ1) is 37.7. The third-order valence-electron chi connectivity index (χ3n) is 17.5. The molecule has 1 aromatic carbocycles. The van der Waals surface area contributed by atoms with E-state index in [9.17, 15) is 0 Å². The average Bonchev–Trinajstić information content (AvgIpc) is 4.37. The molecule has 12 saturated heterocycles. The number of aromatic nitrogens is 12. The molecule has 0 spiro atoms. The van der Waals surface area contributed by atoms with Crippen molar-refractivity contribution in [1.29, 1.82) is 0 Å². The van der Waals surface area contributed by atoms with E-state index in [2.05, 4.69) is 170 Å². The minimum Gasteiger partial charge on any atom is -0.461 e. The molecule has 12 fully saturated rings. The van der Waals surface area contributed by atoms with Crippen LogP contribution in [-0.4, -0.2) is 158 Å². The van der Waals surface area contributed by atoms with Crippen LogP contribution in [0.25, 0.3) is 44.7 Å². The average molecular weight is 1320 g/mol. The van der Waals surface area contributed by atoms with E-state index in [-0.39, 0.29) is 0 Å². The number of thiophene rings is 1. The number of benzene rings is 1. The standard InChI is InChI=1S/C15H17BrN4.2C13H15BrN4O.C13H15BrN4S/c16-13-3-1-2-12(8-13)14-9-20(18-17-14)15-10-19-6-4-11(15)5-7-19;14-10-5-13(19-8-10)11-6-18(16-15-11)12-7-17-3-1-9(12)2-4-17;14-13-2-1-12(19-13)10-7-18(16-15-10)11-8-17-5-3-9(11)4-6-17;14-10-5-13(19-8-10)11-6-18(16-15-11)12-7-17-3-1-9(12)2-4-17/h1-3,8-9,11,15H,4-7,10H2;5-6,8-9,12H,1-4,7H2;1-2,7,9,11H,3-6,8H2;5-6,8-9,12H,1-4,7H2/t15-;12-;11-;12-/m0000/s1. The molecule has 20 rings (SSSR count). The number of fused-ring (bicyclic) bond motifs is 12. The Kier molecular flexibility index (Phi) is 15.7. The summed E-state index contributed by atoms with van der Waals surface area (Å²) in [4.78, 5) is 11.3. The molecule has 8 bridgehead atoms. The third kappa shape index (κ3) is 11.7. The molecule has 0 amide bonds. The maximum absolute atomic E-state index is 5.52. The van der Waals surface area contributed by atoms with Crippen molar-refractivity contribution in [2.45, 2.75) is 75.5 Å². The van der Waals surface area contributed by atoms with Gasteiger partial charge in [-0.15, -0.1) is 31.7 Å². The predicted molar refractivity (Wildman–Crippen MR) is 308 cm³/mol. The van der Waals surface area contributed by atoms with Crippen molar-refractivity contribution >= 4 is 75.1 Å². The van der Waals surface area contributed by atoms with Crippen LogP contribution in [0.15, 0.2) is 112 Å². The van der Waals surface area contributed by atoms with Gasteiger partial charge in [0.2, 0.25) is 0 Å². The van der Waals surface area contributed by atoms with Gasteiger partial charge in [-0.25, -0.2) is 18.7 Å². The highest BCUT2D eigenvalue weighted by atomic mass is 79.9. The van der Waals surface area contributed by atoms with E-state index in [1.54, 1.807) is 17.6 Å². The van der Waals surface area contributed by atoms with Gasteiger partial charge in [0.15, 0.2) is 16.2 Å². The Morgan fingerprint density at radius 2 is 0.883 bits per heavy atom. The van der Waals surface area contributed by atoms with E-state index < -0.39 is 0 Å². The summed E-state index contributed by atoms with van der Waals surface area (Å²) in [5.41, 5.74) is 4.69. The number of nitrogens with zero attached hydrogens (tertiary/aromatic N) is 16. The second-order valence-electron chi connectivity index (χ2n) is 22.0. The molecule has 19 heterocycles. The largest absolute Gasteiger partial charge is 0.461 e. The lowest BCUT2D eigenvalue weighted by Crippen LogP contribution is -2.48. The van der Waals surface area contributed by atoms with E-state index in [0.29, 0.717) is 24.2 Å². The summed E-state index contributed by atoms with van der Waals surface area (Å²) in [5.74, 6) is 4.59. The van der Waals surface area contributed by atoms with Crippen LogP contribution in [0.2, 0.25) is 0 Å². The number of furan rings is 2. The van der Waals surface area contributed by atoms with Gasteiger partial charge in [-0.1, -0.05) is 48.9 Å². The summed E-state index contributed by atoms with van der Waals surface area (Å²) < 4.78 is 23.1. The van der Waals surface area contributed by atoms with Crippen molar-refractivity contribution in [3.05, 3.63) is 103 Å². The Labute approximate surface area is 485 Å². The second-order valence-corrected chi connectivity index (χ2v) is 26.5. The molecule has 23 heteroatoms. The minimum atomic E-state index is 0.474. The van der Waals surface area contributed by atoms with Crippen molar-refractivity contribution in [3.63, 3.8) is 0 Å². The van der Waals surface area contributed by atoms with Gasteiger partial charge in [0.05, 0.1) is 58.3 Å². The second kappa shape index (κ2) is 23.1. The van der Waals surface area contributed by atoms with Gasteiger partial charge >= 0.3 is 0 Å². The lowest BCUT2D eigenvalue weighted by atomic mass is 9.84. The zero-order valence-electron chi connectivity index (χ0n) is 42.7. The van der Waals surface area contributed by atoms with Crippen molar-refractivity contribution in [3.8, 4) is 44.7 Å². The molecule has 18 nitrogen and oxygen atoms in total. The highest BCUT2D eigenvalue weighted by Crippen LogP contribution is 2.40. The fraction of sp³-hybridized carbons (Fsp3) is 0.519. The van der Waals surface area contributed by atoms with Gasteiger partial charge in [-0.3, -0.25) is 0 Å². The molecule has 0 radical (unpaired) electrons. The molecule has 4 atom stereocenters. The van der Waals surface area contributed by atoms with Crippen LogP contribution in [0.5, 0.6) is 0 Å². The van der Waals surface area contributed by atoms with E-state index in [1.165, 1.54) is 109 Å². The van der Waals surface area contributed by atoms with Crippen LogP contribution in [0.4, 0.5) is 0 Å². The lowest BCUT2D eigenvalue weighted by molar-refractivity contribution is 0.0504. The summed E-state index contributed by atoms with van der Waals surface area (Å²) in [6.45, 7) is 14.5. The highest BCUT2D eigenvalue weighted by Gasteiger charge is 2.39. The van der Waals surface area contributed by atoms with Crippen molar-refractivity contribution in [1.82, 2.24) is 79.6 Å². The van der Waals surface area contributed by atoms with Crippen LogP contribution < -0.4 is 0 Å². The fourth-order valence-electron chi connectivity index (χ4n) is 13.2. The molecule has 12 aliphatic heterocycles. The Morgan fingerprint density at radius 1 is 0.442 bits per heavy atom. The van der Waals surface area contributed by atoms with E-state index >= 15 is 0 Å². The number of halogens is 4. The lowest BCUT2D eigenvalue weighted by Gasteiger charge is -2.44. The Morgan fingerprint density at radius 3 is 1.27 bits per heavy atom. The van der Waals surface area contributed by atoms with Gasteiger partial charge in [0.25, 0.3) is 0 Å². The molecule has 8 aromatic rings. The fourth-order valence-corrected chi connectivity index (χ4v) is 15.5. The monoisotopic (exact) mass is 1310 g/mol. The van der Waals surface area contributed by atoms with Gasteiger partial charge in [-0.2, -0.15) is 0 Å². The molecule has 0 aliphatic carbocycles. The van der Waals surface area contributed by atoms with Gasteiger partial charge in [0, 0.05) is 52.1 Å². The molecule has 0 unspecified atom stereocenters. The Bertz CT molecular complexity index is 2970. The Balaban J connectivity index is 0.0000000980. The summed E-state index contributed by atoms with van der Waals surface area (Å²) in [6.07, 6.45) is 20.3. The first kappa shape index (κ1) is 52.2. The Hall–Kier alpha value is -4.20. The zero-order chi connectivity index (χ0) is 52.0. The predicted octanol–water partition coefficient (Wildman–Crippen LogP) is 11.1. The third-order valence-corrected chi connectivity index (χ3v) is 20.5. The molecular formula is C54H62Br4N16O2S. The summed E-state index contributed by atoms with van der Waals surface area (Å²) in [7, 11) is 0. The molecule has 0 N–H and O–H groups in total. The molecule has 7 aromatic heterocycles. The zero-order valence-corrected chi connectivity index (χ0v) is 49.9. The van der Waals surface area contributed by atoms with E-state index in [1.807, 2.05) is 52.1 Å². The summed E-state index contributed by atoms with van der Waals surface area (Å²) >= 11 is 15.4. The van der Waals surface area contributed by atoms with Crippen molar-refractivity contribution in [2.75, 3.05) is 78.5 Å². The molecule has 0 saturated carbocycles. The van der Waals surface area contributed by atoms with Crippen LogP contribution in [-0.2, 0) is 0 Å². The number of rotatable bonds is 8. The SMILES string of the molecule is Brc1ccc(-c2cn([C@H]3CN4CCC3CC4)nn2)o1.Brc1cccc(-c2cn([C@H]3CN4CCC3CC4)nn2)c1.Brc1coc(-c2cn([C@H]3CN4CCC3CC4)nn2)c1.Brc1csc(-c2cn([C@H]3CN4CCC3CC4)nn2)c1. The van der Waals surface area contributed by atoms with Gasteiger partial charge < -0.3 is 28.4 Å². The number of piperidine rings is 12. The summed E-state index contributed by atoms with van der Waals surface area (Å²) in [6, 6.07) is 18.0. The molecule has 77 heavy (non-hydrogen) atoms. The topological polar surface area (TPSA) is 162 Å². The van der Waals surface area contributed by atoms with Gasteiger partial charge in [0.1, 0.15) is 29.0 Å². The normalized spacial score (nSPS) is 29.6. The minimum absolute atomic E-state index is 0.474. The van der Waals surface area contributed by atoms with Crippen LogP contribution in [0.1, 0.15) is 75.5 Å². The number of hydrogen-bond donors (Lipinski definition) is 0.